The molecule has 1 aromatic carbocycles. The van der Waals surface area contributed by atoms with Gasteiger partial charge >= 0.3 is 0 Å². The van der Waals surface area contributed by atoms with E-state index in [0.717, 1.165) is 13.0 Å². The van der Waals surface area contributed by atoms with Gasteiger partial charge in [-0.15, -0.1) is 0 Å². The lowest BCUT2D eigenvalue weighted by molar-refractivity contribution is -0.122. The van der Waals surface area contributed by atoms with Crippen molar-refractivity contribution in [1.29, 1.82) is 0 Å². The van der Waals surface area contributed by atoms with Crippen molar-refractivity contribution in [2.24, 2.45) is 11.7 Å². The van der Waals surface area contributed by atoms with Gasteiger partial charge in [0.25, 0.3) is 0 Å². The number of nitrogens with two attached hydrogens (primary N) is 1. The number of aryl methyl sites for hydroxylation is 1. The molecule has 3 N–H and O–H groups in total. The maximum atomic E-state index is 11.7. The second-order valence-electron chi connectivity index (χ2n) is 4.82. The van der Waals surface area contributed by atoms with E-state index in [1.165, 1.54) is 18.4 Å². The number of hydrogen-bond acceptors (Lipinski definition) is 2. The normalized spacial score (nSPS) is 16.5. The average Bonchev–Trinajstić information content (AvgIpc) is 3.18. The van der Waals surface area contributed by atoms with E-state index in [9.17, 15) is 4.79 Å². The van der Waals surface area contributed by atoms with Crippen molar-refractivity contribution in [3.05, 3.63) is 35.9 Å². The van der Waals surface area contributed by atoms with Crippen LogP contribution in [0, 0.1) is 5.92 Å². The van der Waals surface area contributed by atoms with Gasteiger partial charge in [0.2, 0.25) is 5.91 Å². The zero-order chi connectivity index (χ0) is 12.1. The summed E-state index contributed by atoms with van der Waals surface area (Å²) in [5.41, 5.74) is 7.09. The monoisotopic (exact) mass is 232 g/mol. The van der Waals surface area contributed by atoms with Gasteiger partial charge in [0, 0.05) is 6.54 Å². The molecule has 92 valence electrons. The largest absolute Gasteiger partial charge is 0.354 e. The third-order valence-corrected chi connectivity index (χ3v) is 3.19. The van der Waals surface area contributed by atoms with Crippen LogP contribution in [-0.4, -0.2) is 18.5 Å². The minimum absolute atomic E-state index is 0.00664. The van der Waals surface area contributed by atoms with Gasteiger partial charge in [-0.25, -0.2) is 0 Å². The van der Waals surface area contributed by atoms with Gasteiger partial charge in [0.05, 0.1) is 6.04 Å². The molecule has 0 saturated heterocycles. The summed E-state index contributed by atoms with van der Waals surface area (Å²) in [5, 5.41) is 2.92. The Bertz CT molecular complexity index is 360. The minimum atomic E-state index is -0.381. The Balaban J connectivity index is 1.68. The van der Waals surface area contributed by atoms with Crippen molar-refractivity contribution in [2.75, 3.05) is 6.54 Å². The quantitative estimate of drug-likeness (QED) is 0.780. The highest BCUT2D eigenvalue weighted by molar-refractivity contribution is 5.81. The topological polar surface area (TPSA) is 55.1 Å². The van der Waals surface area contributed by atoms with E-state index in [0.29, 0.717) is 12.3 Å². The summed E-state index contributed by atoms with van der Waals surface area (Å²) in [6.07, 6.45) is 4.07. The Morgan fingerprint density at radius 2 is 2.06 bits per heavy atom. The molecule has 1 aliphatic carbocycles. The van der Waals surface area contributed by atoms with Crippen molar-refractivity contribution in [1.82, 2.24) is 5.32 Å². The first-order chi connectivity index (χ1) is 8.25. The lowest BCUT2D eigenvalue weighted by atomic mass is 10.1. The minimum Gasteiger partial charge on any atom is -0.354 e. The molecule has 1 unspecified atom stereocenters. The van der Waals surface area contributed by atoms with Crippen LogP contribution in [-0.2, 0) is 11.2 Å². The fourth-order valence-corrected chi connectivity index (χ4v) is 1.80. The van der Waals surface area contributed by atoms with Gasteiger partial charge < -0.3 is 11.1 Å². The number of rotatable bonds is 6. The summed E-state index contributed by atoms with van der Waals surface area (Å²) in [6, 6.07) is 9.76. The summed E-state index contributed by atoms with van der Waals surface area (Å²) in [5.74, 6) is 0.702. The Labute approximate surface area is 102 Å². The van der Waals surface area contributed by atoms with E-state index in [-0.39, 0.29) is 11.9 Å². The van der Waals surface area contributed by atoms with Crippen LogP contribution < -0.4 is 11.1 Å². The summed E-state index contributed by atoms with van der Waals surface area (Å²) in [4.78, 5) is 11.7. The molecular formula is C14H20N2O. The van der Waals surface area contributed by atoms with Gasteiger partial charge in [-0.05, 0) is 37.2 Å². The number of amides is 1. The van der Waals surface area contributed by atoms with Crippen LogP contribution in [0.2, 0.25) is 0 Å². The summed E-state index contributed by atoms with van der Waals surface area (Å²) >= 11 is 0. The third kappa shape index (κ3) is 4.19. The van der Waals surface area contributed by atoms with Crippen LogP contribution in [0.25, 0.3) is 0 Å². The van der Waals surface area contributed by atoms with Gasteiger partial charge in [-0.1, -0.05) is 30.3 Å². The molecule has 3 heteroatoms. The zero-order valence-corrected chi connectivity index (χ0v) is 10.1. The highest BCUT2D eigenvalue weighted by Gasteiger charge is 2.22. The lowest BCUT2D eigenvalue weighted by Crippen LogP contribution is -2.41. The van der Waals surface area contributed by atoms with E-state index in [1.54, 1.807) is 0 Å². The summed E-state index contributed by atoms with van der Waals surface area (Å²) in [7, 11) is 0. The molecule has 0 aliphatic heterocycles. The number of hydrogen-bond donors (Lipinski definition) is 2. The summed E-state index contributed by atoms with van der Waals surface area (Å²) < 4.78 is 0. The maximum absolute atomic E-state index is 11.7. The Kier molecular flexibility index (Phi) is 4.15. The zero-order valence-electron chi connectivity index (χ0n) is 10.1. The maximum Gasteiger partial charge on any atom is 0.236 e. The van der Waals surface area contributed by atoms with E-state index < -0.39 is 0 Å². The van der Waals surface area contributed by atoms with Crippen LogP contribution >= 0.6 is 0 Å². The predicted molar refractivity (Wildman–Crippen MR) is 68.5 cm³/mol. The molecule has 0 radical (unpaired) electrons. The number of nitrogens with one attached hydrogen (secondary N) is 1. The lowest BCUT2D eigenvalue weighted by Gasteiger charge is -2.11. The van der Waals surface area contributed by atoms with E-state index >= 15 is 0 Å². The molecule has 3 nitrogen and oxygen atoms in total. The average molecular weight is 232 g/mol. The molecule has 1 atom stereocenters. The van der Waals surface area contributed by atoms with Crippen LogP contribution in [0.1, 0.15) is 24.8 Å². The molecule has 1 aromatic rings. The second kappa shape index (κ2) is 5.82. The first-order valence-corrected chi connectivity index (χ1v) is 6.33. The molecule has 1 saturated carbocycles. The highest BCUT2D eigenvalue weighted by atomic mass is 16.2. The first kappa shape index (κ1) is 12.1. The molecule has 0 heterocycles. The fourth-order valence-electron chi connectivity index (χ4n) is 1.80. The number of carbonyl (C=O) groups is 1. The molecular weight excluding hydrogens is 212 g/mol. The van der Waals surface area contributed by atoms with Gasteiger partial charge in [0.1, 0.15) is 0 Å². The third-order valence-electron chi connectivity index (χ3n) is 3.19. The molecule has 17 heavy (non-hydrogen) atoms. The summed E-state index contributed by atoms with van der Waals surface area (Å²) in [6.45, 7) is 0.803. The molecule has 0 aromatic heterocycles. The second-order valence-corrected chi connectivity index (χ2v) is 4.82. The standard InChI is InChI=1S/C14H20N2O/c15-13(14(17)16-10-12-6-7-12)9-8-11-4-2-1-3-5-11/h1-5,12-13H,6-10,15H2,(H,16,17). The van der Waals surface area contributed by atoms with Gasteiger partial charge in [0.15, 0.2) is 0 Å². The Morgan fingerprint density at radius 1 is 1.35 bits per heavy atom. The smallest absolute Gasteiger partial charge is 0.236 e. The molecule has 1 aliphatic rings. The van der Waals surface area contributed by atoms with E-state index in [2.05, 4.69) is 17.4 Å². The Hall–Kier alpha value is -1.35. The van der Waals surface area contributed by atoms with Crippen molar-refractivity contribution >= 4 is 5.91 Å². The van der Waals surface area contributed by atoms with Crippen molar-refractivity contribution < 1.29 is 4.79 Å². The van der Waals surface area contributed by atoms with Crippen molar-refractivity contribution in [3.8, 4) is 0 Å². The molecule has 1 amide bonds. The number of carbonyl (C=O) groups excluding carboxylic acids is 1. The van der Waals surface area contributed by atoms with Crippen LogP contribution in [0.5, 0.6) is 0 Å². The molecule has 0 spiro atoms. The highest BCUT2D eigenvalue weighted by Crippen LogP contribution is 2.27. The van der Waals surface area contributed by atoms with Gasteiger partial charge in [-0.3, -0.25) is 4.79 Å². The first-order valence-electron chi connectivity index (χ1n) is 6.33. The van der Waals surface area contributed by atoms with Crippen molar-refractivity contribution in [3.63, 3.8) is 0 Å². The van der Waals surface area contributed by atoms with Crippen LogP contribution in [0.15, 0.2) is 30.3 Å². The molecule has 1 fully saturated rings. The molecule has 0 bridgehead atoms. The number of benzene rings is 1. The fraction of sp³-hybridized carbons (Fsp3) is 0.500. The van der Waals surface area contributed by atoms with Crippen LogP contribution in [0.3, 0.4) is 0 Å². The SMILES string of the molecule is NC(CCc1ccccc1)C(=O)NCC1CC1. The Morgan fingerprint density at radius 3 is 2.71 bits per heavy atom. The van der Waals surface area contributed by atoms with E-state index in [4.69, 9.17) is 5.73 Å². The van der Waals surface area contributed by atoms with E-state index in [1.807, 2.05) is 18.2 Å². The molecule has 2 rings (SSSR count). The van der Waals surface area contributed by atoms with Gasteiger partial charge in [-0.2, -0.15) is 0 Å². The van der Waals surface area contributed by atoms with Crippen LogP contribution in [0.4, 0.5) is 0 Å². The predicted octanol–water partition coefficient (Wildman–Crippen LogP) is 1.47. The van der Waals surface area contributed by atoms with Crippen molar-refractivity contribution in [2.45, 2.75) is 31.7 Å².